The first-order valence-corrected chi connectivity index (χ1v) is 13.3. The van der Waals surface area contributed by atoms with Gasteiger partial charge in [-0.15, -0.1) is 0 Å². The minimum atomic E-state index is -0.338. The number of fused-ring (bicyclic) bond motifs is 5. The first kappa shape index (κ1) is 24.5. The average Bonchev–Trinajstić information content (AvgIpc) is 3.03. The van der Waals surface area contributed by atoms with Crippen LogP contribution in [0.1, 0.15) is 107 Å². The molecule has 0 amide bonds. The molecule has 182 valence electrons. The van der Waals surface area contributed by atoms with E-state index in [0.717, 1.165) is 38.5 Å². The zero-order chi connectivity index (χ0) is 23.9. The molecule has 3 nitrogen and oxygen atoms in total. The van der Waals surface area contributed by atoms with Crippen LogP contribution in [0.4, 0.5) is 0 Å². The molecule has 0 aromatic rings. The fourth-order valence-electron chi connectivity index (χ4n) is 9.45. The van der Waals surface area contributed by atoms with Crippen molar-refractivity contribution in [2.45, 2.75) is 119 Å². The molecular weight excluding hydrogens is 396 g/mol. The van der Waals surface area contributed by atoms with E-state index in [0.29, 0.717) is 24.0 Å². The molecule has 3 heteroatoms. The normalized spacial score (nSPS) is 45.3. The van der Waals surface area contributed by atoms with Crippen molar-refractivity contribution < 1.29 is 15.0 Å². The molecule has 0 saturated heterocycles. The summed E-state index contributed by atoms with van der Waals surface area (Å²) in [5.41, 5.74) is 2.94. The van der Waals surface area contributed by atoms with E-state index in [1.54, 1.807) is 0 Å². The van der Waals surface area contributed by atoms with E-state index in [1.165, 1.54) is 17.6 Å². The van der Waals surface area contributed by atoms with Gasteiger partial charge in [0.2, 0.25) is 0 Å². The van der Waals surface area contributed by atoms with Gasteiger partial charge in [-0.2, -0.15) is 0 Å². The lowest BCUT2D eigenvalue weighted by Crippen LogP contribution is -2.65. The molecule has 32 heavy (non-hydrogen) atoms. The van der Waals surface area contributed by atoms with Gasteiger partial charge in [-0.1, -0.05) is 66.5 Å². The minimum absolute atomic E-state index is 0.0145. The molecule has 0 aromatic heterocycles. The van der Waals surface area contributed by atoms with Crippen LogP contribution < -0.4 is 0 Å². The minimum Gasteiger partial charge on any atom is -0.393 e. The number of aliphatic hydroxyl groups excluding tert-OH is 2. The number of aliphatic hydroxyl groups is 2. The number of carbonyl (C=O) groups is 1. The third kappa shape index (κ3) is 3.16. The molecule has 3 saturated carbocycles. The number of carbonyl (C=O) groups excluding carboxylic acids is 1. The Hall–Kier alpha value is -0.670. The average molecular weight is 445 g/mol. The van der Waals surface area contributed by atoms with Crippen molar-refractivity contribution in [2.75, 3.05) is 0 Å². The quantitative estimate of drug-likeness (QED) is 0.499. The number of Topliss-reactive ketones (excluding diaryl/α,β-unsaturated/α-hetero) is 1. The summed E-state index contributed by atoms with van der Waals surface area (Å²) in [5, 5.41) is 22.3. The van der Waals surface area contributed by atoms with Gasteiger partial charge in [0, 0.05) is 11.8 Å². The van der Waals surface area contributed by atoms with Gasteiger partial charge in [0.1, 0.15) is 5.78 Å². The molecule has 0 unspecified atom stereocenters. The molecule has 0 aromatic carbocycles. The number of rotatable bonds is 4. The number of allylic oxidation sites excluding steroid dienone is 1. The summed E-state index contributed by atoms with van der Waals surface area (Å²) in [6, 6.07) is 0. The molecular formula is C29H48O3. The summed E-state index contributed by atoms with van der Waals surface area (Å²) in [6.07, 6.45) is 7.05. The first-order valence-electron chi connectivity index (χ1n) is 13.3. The summed E-state index contributed by atoms with van der Waals surface area (Å²) < 4.78 is 0. The van der Waals surface area contributed by atoms with Gasteiger partial charge in [0.25, 0.3) is 0 Å². The van der Waals surface area contributed by atoms with Gasteiger partial charge >= 0.3 is 0 Å². The Labute approximate surface area is 196 Å². The molecule has 4 aliphatic rings. The highest BCUT2D eigenvalue weighted by Gasteiger charge is 2.69. The molecule has 3 fully saturated rings. The summed E-state index contributed by atoms with van der Waals surface area (Å²) in [5.74, 6) is 1.67. The fraction of sp³-hybridized carbons (Fsp3) is 0.897. The lowest BCUT2D eigenvalue weighted by atomic mass is 9.36. The van der Waals surface area contributed by atoms with Crippen LogP contribution in [-0.2, 0) is 4.79 Å². The van der Waals surface area contributed by atoms with E-state index in [1.807, 2.05) is 0 Å². The number of hydrogen-bond donors (Lipinski definition) is 2. The Balaban J connectivity index is 1.73. The van der Waals surface area contributed by atoms with Crippen molar-refractivity contribution in [3.8, 4) is 0 Å². The van der Waals surface area contributed by atoms with E-state index in [4.69, 9.17) is 0 Å². The Bertz CT molecular complexity index is 809. The van der Waals surface area contributed by atoms with Gasteiger partial charge < -0.3 is 10.2 Å². The zero-order valence-corrected chi connectivity index (χ0v) is 21.9. The SMILES string of the molecule is CC(C)[C@@H](O)C[C@@H](C)C1=C2C[C@H](O)[C@H]3[C@@]4(C)CCC(=O)C(C)(C)[C@@H]4CC[C@]3(C)[C@@]2(C)CC1. The van der Waals surface area contributed by atoms with Crippen LogP contribution in [-0.4, -0.2) is 28.2 Å². The van der Waals surface area contributed by atoms with E-state index < -0.39 is 0 Å². The summed E-state index contributed by atoms with van der Waals surface area (Å²) in [4.78, 5) is 12.8. The number of ketones is 1. The van der Waals surface area contributed by atoms with Gasteiger partial charge in [-0.05, 0) is 84.9 Å². The maximum Gasteiger partial charge on any atom is 0.138 e. The Morgan fingerprint density at radius 3 is 2.28 bits per heavy atom. The smallest absolute Gasteiger partial charge is 0.138 e. The summed E-state index contributed by atoms with van der Waals surface area (Å²) in [6.45, 7) is 18.2. The van der Waals surface area contributed by atoms with Crippen molar-refractivity contribution in [2.24, 2.45) is 45.3 Å². The predicted octanol–water partition coefficient (Wildman–Crippen LogP) is 6.32. The lowest BCUT2D eigenvalue weighted by molar-refractivity contribution is -0.208. The Kier molecular flexibility index (Phi) is 5.86. The van der Waals surface area contributed by atoms with Crippen LogP contribution in [0.2, 0.25) is 0 Å². The standard InChI is InChI=1S/C29H48O3/c1-17(2)21(30)15-18(3)19-9-13-28(7)20(19)16-22(31)25-27(6)12-11-24(32)26(4,5)23(27)10-14-29(25,28)8/h17-18,21-23,25,30-31H,9-16H2,1-8H3/t18-,21+,22+,23+,25+,27+,28+,29+/m1/s1. The van der Waals surface area contributed by atoms with Gasteiger partial charge in [0.15, 0.2) is 0 Å². The highest BCUT2D eigenvalue weighted by molar-refractivity contribution is 5.85. The van der Waals surface area contributed by atoms with Crippen molar-refractivity contribution in [3.63, 3.8) is 0 Å². The van der Waals surface area contributed by atoms with Gasteiger partial charge in [0.05, 0.1) is 12.2 Å². The summed E-state index contributed by atoms with van der Waals surface area (Å²) in [7, 11) is 0. The van der Waals surface area contributed by atoms with Crippen LogP contribution >= 0.6 is 0 Å². The molecule has 8 atom stereocenters. The first-order chi connectivity index (χ1) is 14.7. The predicted molar refractivity (Wildman–Crippen MR) is 130 cm³/mol. The molecule has 0 radical (unpaired) electrons. The second kappa shape index (κ2) is 7.67. The van der Waals surface area contributed by atoms with E-state index in [-0.39, 0.29) is 45.7 Å². The lowest BCUT2D eigenvalue weighted by Gasteiger charge is -2.69. The number of hydrogen-bond acceptors (Lipinski definition) is 3. The molecule has 0 bridgehead atoms. The molecule has 0 heterocycles. The molecule has 4 rings (SSSR count). The third-order valence-corrected chi connectivity index (χ3v) is 11.6. The Morgan fingerprint density at radius 2 is 1.66 bits per heavy atom. The molecule has 4 aliphatic carbocycles. The molecule has 2 N–H and O–H groups in total. The second-order valence-electron chi connectivity index (χ2n) is 13.7. The topological polar surface area (TPSA) is 57.5 Å². The van der Waals surface area contributed by atoms with Crippen molar-refractivity contribution in [1.82, 2.24) is 0 Å². The zero-order valence-electron chi connectivity index (χ0n) is 21.9. The fourth-order valence-corrected chi connectivity index (χ4v) is 9.45. The van der Waals surface area contributed by atoms with Crippen LogP contribution in [0.25, 0.3) is 0 Å². The van der Waals surface area contributed by atoms with Gasteiger partial charge in [-0.3, -0.25) is 4.79 Å². The van der Waals surface area contributed by atoms with E-state index >= 15 is 0 Å². The Morgan fingerprint density at radius 1 is 1.00 bits per heavy atom. The second-order valence-corrected chi connectivity index (χ2v) is 13.7. The maximum absolute atomic E-state index is 12.8. The monoisotopic (exact) mass is 444 g/mol. The largest absolute Gasteiger partial charge is 0.393 e. The van der Waals surface area contributed by atoms with Crippen molar-refractivity contribution >= 4 is 5.78 Å². The van der Waals surface area contributed by atoms with Crippen molar-refractivity contribution in [3.05, 3.63) is 11.1 Å². The van der Waals surface area contributed by atoms with E-state index in [2.05, 4.69) is 55.4 Å². The van der Waals surface area contributed by atoms with Crippen LogP contribution in [0.3, 0.4) is 0 Å². The summed E-state index contributed by atoms with van der Waals surface area (Å²) >= 11 is 0. The maximum atomic E-state index is 12.8. The van der Waals surface area contributed by atoms with E-state index in [9.17, 15) is 15.0 Å². The van der Waals surface area contributed by atoms with Crippen LogP contribution in [0, 0.1) is 45.3 Å². The molecule has 0 aliphatic heterocycles. The van der Waals surface area contributed by atoms with Gasteiger partial charge in [-0.25, -0.2) is 0 Å². The third-order valence-electron chi connectivity index (χ3n) is 11.6. The highest BCUT2D eigenvalue weighted by atomic mass is 16.3. The van der Waals surface area contributed by atoms with Crippen LogP contribution in [0.15, 0.2) is 11.1 Å². The van der Waals surface area contributed by atoms with Crippen LogP contribution in [0.5, 0.6) is 0 Å². The highest BCUT2D eigenvalue weighted by Crippen LogP contribution is 2.74. The van der Waals surface area contributed by atoms with Crippen molar-refractivity contribution in [1.29, 1.82) is 0 Å². The molecule has 0 spiro atoms.